The normalized spacial score (nSPS) is 28.7. The molecule has 0 radical (unpaired) electrons. The second-order valence-corrected chi connectivity index (χ2v) is 7.05. The van der Waals surface area contributed by atoms with Gasteiger partial charge in [-0.3, -0.25) is 0 Å². The summed E-state index contributed by atoms with van der Waals surface area (Å²) in [4.78, 5) is 0. The van der Waals surface area contributed by atoms with Crippen LogP contribution in [0.2, 0.25) is 0 Å². The molecule has 0 heterocycles. The van der Waals surface area contributed by atoms with Crippen LogP contribution < -0.4 is 0 Å². The quantitative estimate of drug-likeness (QED) is 0.603. The summed E-state index contributed by atoms with van der Waals surface area (Å²) in [6.07, 6.45) is 5.63. The Morgan fingerprint density at radius 2 is 1.33 bits per heavy atom. The average molecular weight is 297 g/mol. The second kappa shape index (κ2) is 5.50. The summed E-state index contributed by atoms with van der Waals surface area (Å²) >= 11 is 6.78. The van der Waals surface area contributed by atoms with Gasteiger partial charge in [0.2, 0.25) is 0 Å². The molecule has 0 bridgehead atoms. The summed E-state index contributed by atoms with van der Waals surface area (Å²) < 4.78 is 0. The Labute approximate surface area is 132 Å². The molecule has 2 aromatic rings. The molecule has 2 aliphatic carbocycles. The molecule has 0 nitrogen and oxygen atoms in total. The maximum absolute atomic E-state index is 6.78. The molecular formula is C20H21Cl. The highest BCUT2D eigenvalue weighted by atomic mass is 35.5. The van der Waals surface area contributed by atoms with Crippen molar-refractivity contribution < 1.29 is 0 Å². The first-order chi connectivity index (χ1) is 10.3. The Morgan fingerprint density at radius 3 is 1.95 bits per heavy atom. The first kappa shape index (κ1) is 13.4. The zero-order chi connectivity index (χ0) is 14.2. The van der Waals surface area contributed by atoms with Gasteiger partial charge in [0.15, 0.2) is 0 Å². The van der Waals surface area contributed by atoms with E-state index >= 15 is 0 Å². The van der Waals surface area contributed by atoms with E-state index in [2.05, 4.69) is 54.6 Å². The van der Waals surface area contributed by atoms with Crippen LogP contribution >= 0.6 is 11.6 Å². The molecule has 4 rings (SSSR count). The molecule has 3 atom stereocenters. The summed E-state index contributed by atoms with van der Waals surface area (Å²) in [5.74, 6) is 2.56. The molecular weight excluding hydrogens is 276 g/mol. The Balaban J connectivity index is 1.51. The smallest absolute Gasteiger partial charge is 0.0618 e. The van der Waals surface area contributed by atoms with Crippen LogP contribution in [0, 0.1) is 17.8 Å². The molecule has 21 heavy (non-hydrogen) atoms. The van der Waals surface area contributed by atoms with Crippen LogP contribution in [0.15, 0.2) is 54.6 Å². The van der Waals surface area contributed by atoms with E-state index < -0.39 is 0 Å². The van der Waals surface area contributed by atoms with Crippen LogP contribution in [0.5, 0.6) is 0 Å². The van der Waals surface area contributed by atoms with Gasteiger partial charge in [-0.1, -0.05) is 67.4 Å². The lowest BCUT2D eigenvalue weighted by Crippen LogP contribution is -1.95. The van der Waals surface area contributed by atoms with Crippen LogP contribution in [0.1, 0.15) is 36.6 Å². The number of benzene rings is 2. The molecule has 2 fully saturated rings. The van der Waals surface area contributed by atoms with Gasteiger partial charge in [0.25, 0.3) is 0 Å². The van der Waals surface area contributed by atoms with E-state index in [-0.39, 0.29) is 5.38 Å². The van der Waals surface area contributed by atoms with Crippen LogP contribution in [0.25, 0.3) is 11.1 Å². The minimum atomic E-state index is 0.211. The third-order valence-corrected chi connectivity index (χ3v) is 5.94. The van der Waals surface area contributed by atoms with Crippen molar-refractivity contribution in [1.82, 2.24) is 0 Å². The fourth-order valence-electron chi connectivity index (χ4n) is 4.19. The number of halogens is 1. The van der Waals surface area contributed by atoms with Gasteiger partial charge in [0.05, 0.1) is 5.38 Å². The zero-order valence-corrected chi connectivity index (χ0v) is 13.0. The van der Waals surface area contributed by atoms with Crippen LogP contribution in [-0.4, -0.2) is 0 Å². The van der Waals surface area contributed by atoms with Gasteiger partial charge in [-0.2, -0.15) is 0 Å². The molecule has 2 saturated carbocycles. The number of hydrogen-bond acceptors (Lipinski definition) is 0. The molecule has 108 valence electrons. The molecule has 2 aliphatic rings. The van der Waals surface area contributed by atoms with Gasteiger partial charge in [0.1, 0.15) is 0 Å². The van der Waals surface area contributed by atoms with E-state index in [0.29, 0.717) is 0 Å². The maximum atomic E-state index is 6.78. The average Bonchev–Trinajstić information content (AvgIpc) is 3.29. The van der Waals surface area contributed by atoms with Crippen molar-refractivity contribution in [3.63, 3.8) is 0 Å². The van der Waals surface area contributed by atoms with E-state index in [9.17, 15) is 0 Å². The van der Waals surface area contributed by atoms with E-state index in [1.165, 1.54) is 42.4 Å². The Kier molecular flexibility index (Phi) is 3.51. The number of hydrogen-bond donors (Lipinski definition) is 0. The molecule has 2 aromatic carbocycles. The van der Waals surface area contributed by atoms with Crippen molar-refractivity contribution in [3.8, 4) is 11.1 Å². The molecule has 3 unspecified atom stereocenters. The van der Waals surface area contributed by atoms with Gasteiger partial charge in [0, 0.05) is 0 Å². The number of alkyl halides is 1. The number of rotatable bonds is 3. The SMILES string of the molecule is ClC(c1ccc(-c2ccccc2)cc1)C1C2CCCCC21. The van der Waals surface area contributed by atoms with Gasteiger partial charge in [-0.25, -0.2) is 0 Å². The summed E-state index contributed by atoms with van der Waals surface area (Å²) in [6.45, 7) is 0. The fourth-order valence-corrected chi connectivity index (χ4v) is 4.71. The Bertz CT molecular complexity index is 589. The second-order valence-electron chi connectivity index (χ2n) is 6.58. The zero-order valence-electron chi connectivity index (χ0n) is 12.2. The lowest BCUT2D eigenvalue weighted by molar-refractivity contribution is 0.480. The molecule has 1 heteroatoms. The highest BCUT2D eigenvalue weighted by molar-refractivity contribution is 6.21. The summed E-state index contributed by atoms with van der Waals surface area (Å²) in [5.41, 5.74) is 3.85. The molecule has 0 spiro atoms. The third kappa shape index (κ3) is 2.51. The topological polar surface area (TPSA) is 0 Å². The Morgan fingerprint density at radius 1 is 0.762 bits per heavy atom. The van der Waals surface area contributed by atoms with Gasteiger partial charge in [-0.05, 0) is 47.3 Å². The highest BCUT2D eigenvalue weighted by Gasteiger charge is 2.53. The predicted molar refractivity (Wildman–Crippen MR) is 89.4 cm³/mol. The molecule has 0 aliphatic heterocycles. The van der Waals surface area contributed by atoms with Crippen LogP contribution in [-0.2, 0) is 0 Å². The molecule has 0 aromatic heterocycles. The first-order valence-electron chi connectivity index (χ1n) is 8.14. The molecule has 0 amide bonds. The van der Waals surface area contributed by atoms with Crippen molar-refractivity contribution in [2.75, 3.05) is 0 Å². The van der Waals surface area contributed by atoms with E-state index in [0.717, 1.165) is 17.8 Å². The molecule has 0 N–H and O–H groups in total. The van der Waals surface area contributed by atoms with Crippen molar-refractivity contribution in [3.05, 3.63) is 60.2 Å². The number of fused-ring (bicyclic) bond motifs is 1. The van der Waals surface area contributed by atoms with Gasteiger partial charge in [-0.15, -0.1) is 11.6 Å². The highest BCUT2D eigenvalue weighted by Crippen LogP contribution is 2.62. The monoisotopic (exact) mass is 296 g/mol. The van der Waals surface area contributed by atoms with Crippen molar-refractivity contribution in [1.29, 1.82) is 0 Å². The van der Waals surface area contributed by atoms with Crippen molar-refractivity contribution in [2.45, 2.75) is 31.1 Å². The fraction of sp³-hybridized carbons (Fsp3) is 0.400. The minimum absolute atomic E-state index is 0.211. The largest absolute Gasteiger partial charge is 0.117 e. The van der Waals surface area contributed by atoms with E-state index in [1.54, 1.807) is 0 Å². The lowest BCUT2D eigenvalue weighted by atomic mass is 10.0. The van der Waals surface area contributed by atoms with Crippen LogP contribution in [0.4, 0.5) is 0 Å². The predicted octanol–water partition coefficient (Wildman–Crippen LogP) is 6.07. The Hall–Kier alpha value is -1.27. The lowest BCUT2D eigenvalue weighted by Gasteiger charge is -2.11. The summed E-state index contributed by atoms with van der Waals surface area (Å²) in [7, 11) is 0. The van der Waals surface area contributed by atoms with Gasteiger partial charge < -0.3 is 0 Å². The summed E-state index contributed by atoms with van der Waals surface area (Å²) in [5, 5.41) is 0.211. The summed E-state index contributed by atoms with van der Waals surface area (Å²) in [6, 6.07) is 19.4. The maximum Gasteiger partial charge on any atom is 0.0618 e. The van der Waals surface area contributed by atoms with Gasteiger partial charge >= 0.3 is 0 Å². The minimum Gasteiger partial charge on any atom is -0.117 e. The molecule has 0 saturated heterocycles. The van der Waals surface area contributed by atoms with Crippen LogP contribution in [0.3, 0.4) is 0 Å². The standard InChI is InChI=1S/C20H21Cl/c21-20(19-17-8-4-5-9-18(17)19)16-12-10-15(11-13-16)14-6-2-1-3-7-14/h1-3,6-7,10-13,17-20H,4-5,8-9H2. The van der Waals surface area contributed by atoms with Crippen molar-refractivity contribution in [2.24, 2.45) is 17.8 Å². The van der Waals surface area contributed by atoms with E-state index in [1.807, 2.05) is 0 Å². The third-order valence-electron chi connectivity index (χ3n) is 5.40. The van der Waals surface area contributed by atoms with E-state index in [4.69, 9.17) is 11.6 Å². The van der Waals surface area contributed by atoms with Crippen molar-refractivity contribution >= 4 is 11.6 Å². The first-order valence-corrected chi connectivity index (χ1v) is 8.58.